The average molecular weight is 398 g/mol. The van der Waals surface area contributed by atoms with E-state index in [1.165, 1.54) is 12.8 Å². The smallest absolute Gasteiger partial charge is 0.410 e. The van der Waals surface area contributed by atoms with Gasteiger partial charge in [-0.25, -0.2) is 4.79 Å². The molecule has 0 bridgehead atoms. The van der Waals surface area contributed by atoms with Crippen LogP contribution in [0.3, 0.4) is 0 Å². The Kier molecular flexibility index (Phi) is 6.18. The molecule has 0 unspecified atom stereocenters. The van der Waals surface area contributed by atoms with E-state index in [0.717, 1.165) is 22.3 Å². The predicted octanol–water partition coefficient (Wildman–Crippen LogP) is 5.38. The van der Waals surface area contributed by atoms with E-state index < -0.39 is 5.60 Å². The van der Waals surface area contributed by atoms with Crippen LogP contribution in [-0.4, -0.2) is 29.2 Å². The van der Waals surface area contributed by atoms with Gasteiger partial charge in [-0.05, 0) is 65.5 Å². The summed E-state index contributed by atoms with van der Waals surface area (Å²) in [7, 11) is 0. The summed E-state index contributed by atoms with van der Waals surface area (Å²) >= 11 is 3.60. The van der Waals surface area contributed by atoms with Gasteiger partial charge in [-0.15, -0.1) is 0 Å². The van der Waals surface area contributed by atoms with Gasteiger partial charge < -0.3 is 14.4 Å². The molecule has 134 valence electrons. The van der Waals surface area contributed by atoms with E-state index in [2.05, 4.69) is 15.9 Å². The quantitative estimate of drug-likeness (QED) is 0.646. The van der Waals surface area contributed by atoms with Crippen molar-refractivity contribution in [2.24, 2.45) is 5.92 Å². The minimum Gasteiger partial charge on any atom is -0.491 e. The molecule has 0 radical (unpaired) electrons. The zero-order valence-electron chi connectivity index (χ0n) is 15.3. The summed E-state index contributed by atoms with van der Waals surface area (Å²) < 4.78 is 12.5. The second-order valence-electron chi connectivity index (χ2n) is 7.69. The van der Waals surface area contributed by atoms with E-state index >= 15 is 0 Å². The highest BCUT2D eigenvalue weighted by Gasteiger charge is 2.30. The molecule has 5 heteroatoms. The van der Waals surface area contributed by atoms with Crippen LogP contribution in [0.2, 0.25) is 0 Å². The molecule has 1 aromatic carbocycles. The van der Waals surface area contributed by atoms with Crippen molar-refractivity contribution in [3.05, 3.63) is 28.2 Å². The van der Waals surface area contributed by atoms with Crippen LogP contribution in [0.1, 0.15) is 53.0 Å². The van der Waals surface area contributed by atoms with Gasteiger partial charge in [-0.1, -0.05) is 22.0 Å². The molecule has 2 rings (SSSR count). The Hall–Kier alpha value is -1.23. The Balaban J connectivity index is 2.20. The first-order chi connectivity index (χ1) is 11.2. The van der Waals surface area contributed by atoms with Crippen LogP contribution >= 0.6 is 15.9 Å². The van der Waals surface area contributed by atoms with Crippen molar-refractivity contribution in [2.75, 3.05) is 6.54 Å². The zero-order valence-corrected chi connectivity index (χ0v) is 16.9. The summed E-state index contributed by atoms with van der Waals surface area (Å²) in [5.74, 6) is 1.40. The normalized spacial score (nSPS) is 14.6. The van der Waals surface area contributed by atoms with Crippen LogP contribution in [0.5, 0.6) is 5.75 Å². The number of nitrogens with zero attached hydrogens (tertiary/aromatic N) is 1. The molecular weight excluding hydrogens is 370 g/mol. The molecule has 4 nitrogen and oxygen atoms in total. The van der Waals surface area contributed by atoms with Crippen molar-refractivity contribution in [1.29, 1.82) is 0 Å². The molecule has 0 spiro atoms. The molecule has 24 heavy (non-hydrogen) atoms. The molecule has 1 fully saturated rings. The molecule has 1 amide bonds. The summed E-state index contributed by atoms with van der Waals surface area (Å²) in [6, 6.07) is 5.88. The third-order valence-electron chi connectivity index (χ3n) is 3.61. The lowest BCUT2D eigenvalue weighted by Gasteiger charge is -2.28. The number of ether oxygens (including phenoxy) is 2. The van der Waals surface area contributed by atoms with Gasteiger partial charge in [-0.3, -0.25) is 0 Å². The first-order valence-corrected chi connectivity index (χ1v) is 9.37. The Morgan fingerprint density at radius 3 is 2.54 bits per heavy atom. The van der Waals surface area contributed by atoms with E-state index in [4.69, 9.17) is 9.47 Å². The van der Waals surface area contributed by atoms with E-state index in [9.17, 15) is 4.79 Å². The van der Waals surface area contributed by atoms with Crippen LogP contribution in [0.25, 0.3) is 0 Å². The Morgan fingerprint density at radius 2 is 2.00 bits per heavy atom. The van der Waals surface area contributed by atoms with E-state index in [1.807, 2.05) is 52.8 Å². The maximum Gasteiger partial charge on any atom is 0.410 e. The number of amides is 1. The second-order valence-corrected chi connectivity index (χ2v) is 8.54. The van der Waals surface area contributed by atoms with Crippen molar-refractivity contribution < 1.29 is 14.3 Å². The molecule has 0 saturated heterocycles. The lowest BCUT2D eigenvalue weighted by molar-refractivity contribution is 0.0222. The van der Waals surface area contributed by atoms with Gasteiger partial charge in [0, 0.05) is 16.6 Å². The highest BCUT2D eigenvalue weighted by Crippen LogP contribution is 2.33. The largest absolute Gasteiger partial charge is 0.491 e. The monoisotopic (exact) mass is 397 g/mol. The molecule has 0 N–H and O–H groups in total. The fourth-order valence-electron chi connectivity index (χ4n) is 2.39. The van der Waals surface area contributed by atoms with Crippen molar-refractivity contribution in [3.8, 4) is 5.75 Å². The molecule has 0 aliphatic heterocycles. The SMILES string of the molecule is CC(C)Oc1cccc(Br)c1CN(CC1CC1)C(=O)OC(C)(C)C. The summed E-state index contributed by atoms with van der Waals surface area (Å²) in [5, 5.41) is 0. The summed E-state index contributed by atoms with van der Waals surface area (Å²) in [6.45, 7) is 10.9. The zero-order chi connectivity index (χ0) is 17.9. The van der Waals surface area contributed by atoms with Crippen LogP contribution in [0, 0.1) is 5.92 Å². The standard InChI is InChI=1S/C19H28BrNO3/c1-13(2)23-17-8-6-7-16(20)15(17)12-21(11-14-9-10-14)18(22)24-19(3,4)5/h6-8,13-14H,9-12H2,1-5H3. The third-order valence-corrected chi connectivity index (χ3v) is 4.36. The Labute approximate surface area is 153 Å². The molecule has 0 aromatic heterocycles. The second kappa shape index (κ2) is 7.77. The van der Waals surface area contributed by atoms with Crippen LogP contribution < -0.4 is 4.74 Å². The molecule has 1 saturated carbocycles. The summed E-state index contributed by atoms with van der Waals surface area (Å²) in [5.41, 5.74) is 0.488. The minimum atomic E-state index is -0.496. The maximum atomic E-state index is 12.6. The lowest BCUT2D eigenvalue weighted by atomic mass is 10.1. The number of carbonyl (C=O) groups is 1. The number of rotatable bonds is 6. The number of hydrogen-bond donors (Lipinski definition) is 0. The number of hydrogen-bond acceptors (Lipinski definition) is 3. The lowest BCUT2D eigenvalue weighted by Crippen LogP contribution is -2.37. The predicted molar refractivity (Wildman–Crippen MR) is 99.3 cm³/mol. The highest BCUT2D eigenvalue weighted by atomic mass is 79.9. The fourth-order valence-corrected chi connectivity index (χ4v) is 2.86. The van der Waals surface area contributed by atoms with Gasteiger partial charge >= 0.3 is 6.09 Å². The Morgan fingerprint density at radius 1 is 1.33 bits per heavy atom. The highest BCUT2D eigenvalue weighted by molar-refractivity contribution is 9.10. The molecule has 0 heterocycles. The van der Waals surface area contributed by atoms with Gasteiger partial charge in [0.15, 0.2) is 0 Å². The maximum absolute atomic E-state index is 12.6. The molecular formula is C19H28BrNO3. The molecule has 1 aliphatic rings. The van der Waals surface area contributed by atoms with Gasteiger partial charge in [-0.2, -0.15) is 0 Å². The van der Waals surface area contributed by atoms with Crippen molar-refractivity contribution in [2.45, 2.75) is 65.7 Å². The van der Waals surface area contributed by atoms with E-state index in [1.54, 1.807) is 4.90 Å². The van der Waals surface area contributed by atoms with Crippen LogP contribution in [-0.2, 0) is 11.3 Å². The van der Waals surface area contributed by atoms with Crippen molar-refractivity contribution in [1.82, 2.24) is 4.90 Å². The van der Waals surface area contributed by atoms with Gasteiger partial charge in [0.1, 0.15) is 11.4 Å². The average Bonchev–Trinajstić information content (AvgIpc) is 3.22. The topological polar surface area (TPSA) is 38.8 Å². The molecule has 1 aromatic rings. The third kappa shape index (κ3) is 6.00. The number of halogens is 1. The van der Waals surface area contributed by atoms with Gasteiger partial charge in [0.2, 0.25) is 0 Å². The fraction of sp³-hybridized carbons (Fsp3) is 0.632. The molecule has 1 aliphatic carbocycles. The molecule has 0 atom stereocenters. The number of carbonyl (C=O) groups excluding carboxylic acids is 1. The van der Waals surface area contributed by atoms with Gasteiger partial charge in [0.25, 0.3) is 0 Å². The first-order valence-electron chi connectivity index (χ1n) is 8.57. The summed E-state index contributed by atoms with van der Waals surface area (Å²) in [4.78, 5) is 14.4. The van der Waals surface area contributed by atoms with Crippen molar-refractivity contribution >= 4 is 22.0 Å². The van der Waals surface area contributed by atoms with E-state index in [0.29, 0.717) is 12.5 Å². The Bertz CT molecular complexity index is 576. The van der Waals surface area contributed by atoms with Crippen LogP contribution in [0.4, 0.5) is 4.79 Å². The first kappa shape index (κ1) is 19.1. The van der Waals surface area contributed by atoms with Crippen molar-refractivity contribution in [3.63, 3.8) is 0 Å². The van der Waals surface area contributed by atoms with E-state index in [-0.39, 0.29) is 12.2 Å². The summed E-state index contributed by atoms with van der Waals surface area (Å²) in [6.07, 6.45) is 2.19. The minimum absolute atomic E-state index is 0.0801. The van der Waals surface area contributed by atoms with Gasteiger partial charge in [0.05, 0.1) is 12.6 Å². The number of benzene rings is 1. The van der Waals surface area contributed by atoms with Crippen LogP contribution in [0.15, 0.2) is 22.7 Å².